The zero-order valence-electron chi connectivity index (χ0n) is 18.7. The number of fused-ring (bicyclic) bond motifs is 2. The van der Waals surface area contributed by atoms with Crippen molar-refractivity contribution in [1.29, 1.82) is 0 Å². The van der Waals surface area contributed by atoms with Gasteiger partial charge in [0.2, 0.25) is 0 Å². The van der Waals surface area contributed by atoms with E-state index in [1.165, 1.54) is 32.2 Å². The number of nitrogens with zero attached hydrogens (tertiary/aromatic N) is 6. The Morgan fingerprint density at radius 1 is 1.03 bits per heavy atom. The maximum Gasteiger partial charge on any atom is 0.253 e. The summed E-state index contributed by atoms with van der Waals surface area (Å²) in [4.78, 5) is 21.6. The molecule has 2 atom stereocenters. The Bertz CT molecular complexity index is 1180. The molecule has 8 heteroatoms. The maximum atomic E-state index is 13.4. The topological polar surface area (TPSA) is 82.9 Å². The number of pyridine rings is 1. The normalized spacial score (nSPS) is 23.7. The van der Waals surface area contributed by atoms with Crippen molar-refractivity contribution >= 4 is 10.9 Å². The fraction of sp³-hybridized carbons (Fsp3) is 0.583. The Balaban J connectivity index is 1.47. The minimum Gasteiger partial charge on any atom is -0.322 e. The van der Waals surface area contributed by atoms with Gasteiger partial charge >= 0.3 is 0 Å². The number of aromatic nitrogens is 5. The third-order valence-corrected chi connectivity index (χ3v) is 7.74. The van der Waals surface area contributed by atoms with E-state index in [1.807, 2.05) is 17.7 Å². The third-order valence-electron chi connectivity index (χ3n) is 7.74. The molecular formula is C24H31N7O. The molecule has 1 aliphatic carbocycles. The van der Waals surface area contributed by atoms with Crippen molar-refractivity contribution in [2.45, 2.75) is 63.6 Å². The standard InChI is InChI=1S/C24H31N7O/c1-16-8-9-17-14-20(24(32)25-21(17)13-16)22(30-12-11-29-10-4-7-19(29)15-30)23-26-27-28-31(23)18-5-2-3-6-18/h8-9,13-14,18-19,22H,2-7,10-12,15H2,1H3,(H,25,32)/t19-,22+/m0/s1. The highest BCUT2D eigenvalue weighted by molar-refractivity contribution is 5.79. The van der Waals surface area contributed by atoms with Gasteiger partial charge in [-0.05, 0) is 72.7 Å². The third kappa shape index (κ3) is 3.46. The first-order chi connectivity index (χ1) is 15.7. The van der Waals surface area contributed by atoms with Gasteiger partial charge in [0.25, 0.3) is 5.56 Å². The lowest BCUT2D eigenvalue weighted by atomic mass is 10.0. The number of hydrogen-bond donors (Lipinski definition) is 1. The van der Waals surface area contributed by atoms with Crippen molar-refractivity contribution in [2.24, 2.45) is 0 Å². The second-order valence-electron chi connectivity index (χ2n) is 9.79. The number of aryl methyl sites for hydroxylation is 1. The zero-order chi connectivity index (χ0) is 21.7. The van der Waals surface area contributed by atoms with Crippen molar-refractivity contribution in [3.05, 3.63) is 51.6 Å². The van der Waals surface area contributed by atoms with E-state index >= 15 is 0 Å². The number of H-pyrrole nitrogens is 1. The van der Waals surface area contributed by atoms with Crippen molar-refractivity contribution in [1.82, 2.24) is 35.0 Å². The van der Waals surface area contributed by atoms with Crippen LogP contribution in [0.25, 0.3) is 10.9 Å². The number of aromatic amines is 1. The molecule has 0 radical (unpaired) electrons. The highest BCUT2D eigenvalue weighted by Gasteiger charge is 2.38. The van der Waals surface area contributed by atoms with Crippen LogP contribution in [0.4, 0.5) is 0 Å². The quantitative estimate of drug-likeness (QED) is 0.681. The maximum absolute atomic E-state index is 13.4. The highest BCUT2D eigenvalue weighted by Crippen LogP contribution is 2.35. The van der Waals surface area contributed by atoms with E-state index in [2.05, 4.69) is 48.5 Å². The summed E-state index contributed by atoms with van der Waals surface area (Å²) in [6.07, 6.45) is 7.13. The number of piperazine rings is 1. The number of hydrogen-bond acceptors (Lipinski definition) is 6. The molecule has 8 nitrogen and oxygen atoms in total. The Morgan fingerprint density at radius 2 is 1.88 bits per heavy atom. The van der Waals surface area contributed by atoms with Crippen LogP contribution in [-0.4, -0.2) is 67.2 Å². The van der Waals surface area contributed by atoms with Crippen LogP contribution in [0.3, 0.4) is 0 Å². The van der Waals surface area contributed by atoms with Gasteiger partial charge < -0.3 is 4.98 Å². The van der Waals surface area contributed by atoms with Gasteiger partial charge in [0.1, 0.15) is 6.04 Å². The van der Waals surface area contributed by atoms with E-state index in [9.17, 15) is 4.79 Å². The molecule has 3 fully saturated rings. The summed E-state index contributed by atoms with van der Waals surface area (Å²) in [5, 5.41) is 14.1. The number of benzene rings is 1. The van der Waals surface area contributed by atoms with Gasteiger partial charge in [-0.3, -0.25) is 14.6 Å². The van der Waals surface area contributed by atoms with Crippen molar-refractivity contribution in [2.75, 3.05) is 26.2 Å². The van der Waals surface area contributed by atoms with Crippen LogP contribution in [0.15, 0.2) is 29.1 Å². The molecule has 2 saturated heterocycles. The molecule has 2 aromatic heterocycles. The lowest BCUT2D eigenvalue weighted by molar-refractivity contribution is 0.0783. The molecule has 4 heterocycles. The van der Waals surface area contributed by atoms with Crippen LogP contribution in [0.5, 0.6) is 0 Å². The van der Waals surface area contributed by atoms with Crippen LogP contribution in [-0.2, 0) is 0 Å². The monoisotopic (exact) mass is 433 g/mol. The lowest BCUT2D eigenvalue weighted by Crippen LogP contribution is -2.52. The summed E-state index contributed by atoms with van der Waals surface area (Å²) >= 11 is 0. The van der Waals surface area contributed by atoms with E-state index in [0.717, 1.165) is 60.3 Å². The van der Waals surface area contributed by atoms with Crippen LogP contribution in [0.1, 0.15) is 67.6 Å². The van der Waals surface area contributed by atoms with Crippen LogP contribution in [0.2, 0.25) is 0 Å². The highest BCUT2D eigenvalue weighted by atomic mass is 16.1. The predicted molar refractivity (Wildman–Crippen MR) is 123 cm³/mol. The Hall–Kier alpha value is -2.58. The zero-order valence-corrected chi connectivity index (χ0v) is 18.7. The summed E-state index contributed by atoms with van der Waals surface area (Å²) < 4.78 is 2.03. The molecule has 168 valence electrons. The lowest BCUT2D eigenvalue weighted by Gasteiger charge is -2.41. The van der Waals surface area contributed by atoms with E-state index in [0.29, 0.717) is 12.1 Å². The van der Waals surface area contributed by atoms with E-state index in [-0.39, 0.29) is 11.6 Å². The van der Waals surface area contributed by atoms with Crippen LogP contribution in [0, 0.1) is 6.92 Å². The molecule has 0 spiro atoms. The minimum absolute atomic E-state index is 0.0390. The summed E-state index contributed by atoms with van der Waals surface area (Å²) in [7, 11) is 0. The second kappa shape index (κ2) is 8.08. The minimum atomic E-state index is -0.234. The molecule has 1 saturated carbocycles. The van der Waals surface area contributed by atoms with Gasteiger partial charge in [0.15, 0.2) is 5.82 Å². The number of nitrogens with one attached hydrogen (secondary N) is 1. The molecule has 0 bridgehead atoms. The average Bonchev–Trinajstić information content (AvgIpc) is 3.55. The molecule has 6 rings (SSSR count). The molecule has 2 aliphatic heterocycles. The molecule has 32 heavy (non-hydrogen) atoms. The van der Waals surface area contributed by atoms with Crippen molar-refractivity contribution in [3.63, 3.8) is 0 Å². The summed E-state index contributed by atoms with van der Waals surface area (Å²) in [6.45, 7) is 6.15. The Kier molecular flexibility index (Phi) is 5.07. The van der Waals surface area contributed by atoms with Gasteiger partial charge in [-0.2, -0.15) is 0 Å². The molecule has 3 aromatic rings. The fourth-order valence-electron chi connectivity index (χ4n) is 6.07. The summed E-state index contributed by atoms with van der Waals surface area (Å²) in [5.74, 6) is 0.820. The van der Waals surface area contributed by atoms with Crippen molar-refractivity contribution < 1.29 is 0 Å². The molecule has 0 unspecified atom stereocenters. The Morgan fingerprint density at radius 3 is 2.75 bits per heavy atom. The van der Waals surface area contributed by atoms with Gasteiger partial charge in [-0.15, -0.1) is 5.10 Å². The van der Waals surface area contributed by atoms with E-state index in [1.54, 1.807) is 0 Å². The molecule has 0 amide bonds. The SMILES string of the molecule is Cc1ccc2cc([C@H](c3nnnn3C3CCCC3)N3CCN4CCC[C@H]4C3)c(=O)[nH]c2c1. The van der Waals surface area contributed by atoms with Gasteiger partial charge in [0, 0.05) is 36.8 Å². The molecular weight excluding hydrogens is 402 g/mol. The first-order valence-electron chi connectivity index (χ1n) is 12.1. The van der Waals surface area contributed by atoms with Gasteiger partial charge in [-0.25, -0.2) is 4.68 Å². The smallest absolute Gasteiger partial charge is 0.253 e. The van der Waals surface area contributed by atoms with Gasteiger partial charge in [-0.1, -0.05) is 25.0 Å². The number of tetrazole rings is 1. The number of rotatable bonds is 4. The summed E-state index contributed by atoms with van der Waals surface area (Å²) in [5.41, 5.74) is 2.73. The molecule has 3 aliphatic rings. The fourth-order valence-corrected chi connectivity index (χ4v) is 6.07. The second-order valence-corrected chi connectivity index (χ2v) is 9.79. The van der Waals surface area contributed by atoms with Crippen molar-refractivity contribution in [3.8, 4) is 0 Å². The van der Waals surface area contributed by atoms with E-state index < -0.39 is 0 Å². The van der Waals surface area contributed by atoms with Gasteiger partial charge in [0.05, 0.1) is 6.04 Å². The Labute approximate surface area is 187 Å². The largest absolute Gasteiger partial charge is 0.322 e. The average molecular weight is 434 g/mol. The van der Waals surface area contributed by atoms with Crippen LogP contribution >= 0.6 is 0 Å². The van der Waals surface area contributed by atoms with Crippen LogP contribution < -0.4 is 5.56 Å². The first kappa shape index (κ1) is 20.1. The predicted octanol–water partition coefficient (Wildman–Crippen LogP) is 2.81. The summed E-state index contributed by atoms with van der Waals surface area (Å²) in [6, 6.07) is 8.95. The molecule has 1 aromatic carbocycles. The first-order valence-corrected chi connectivity index (χ1v) is 12.1. The molecule has 1 N–H and O–H groups in total. The van der Waals surface area contributed by atoms with E-state index in [4.69, 9.17) is 0 Å².